The van der Waals surface area contributed by atoms with Crippen molar-refractivity contribution in [2.75, 3.05) is 19.5 Å². The molecule has 3 nitrogen and oxygen atoms in total. The van der Waals surface area contributed by atoms with E-state index in [4.69, 9.17) is 15.5 Å². The molecule has 0 atom stereocenters. The molecule has 16 heavy (non-hydrogen) atoms. The first-order chi connectivity index (χ1) is 7.85. The second-order valence-corrected chi connectivity index (χ2v) is 5.04. The molecule has 0 spiro atoms. The molecule has 0 fully saturated rings. The van der Waals surface area contributed by atoms with E-state index in [2.05, 4.69) is 6.07 Å². The number of fused-ring (bicyclic) bond motifs is 1. The van der Waals surface area contributed by atoms with E-state index in [9.17, 15) is 0 Å². The molecule has 0 bridgehead atoms. The molecule has 1 aromatic heterocycles. The molecule has 0 amide bonds. The van der Waals surface area contributed by atoms with Crippen molar-refractivity contribution in [1.82, 2.24) is 4.98 Å². The maximum Gasteiger partial charge on any atom is 0.101 e. The Balaban J connectivity index is 2.15. The number of nitrogens with zero attached hydrogens (tertiary/aromatic N) is 1. The van der Waals surface area contributed by atoms with E-state index in [0.29, 0.717) is 6.54 Å². The van der Waals surface area contributed by atoms with Gasteiger partial charge in [0.05, 0.1) is 6.61 Å². The summed E-state index contributed by atoms with van der Waals surface area (Å²) in [4.78, 5) is 4.72. The van der Waals surface area contributed by atoms with Crippen LogP contribution in [0.25, 0.3) is 0 Å². The zero-order valence-electron chi connectivity index (χ0n) is 9.66. The maximum atomic E-state index is 5.76. The molecule has 1 aliphatic carbocycles. The molecule has 0 radical (unpaired) electrons. The zero-order chi connectivity index (χ0) is 11.4. The second-order valence-electron chi connectivity index (χ2n) is 3.96. The van der Waals surface area contributed by atoms with Crippen molar-refractivity contribution >= 4 is 11.8 Å². The van der Waals surface area contributed by atoms with Gasteiger partial charge in [-0.25, -0.2) is 4.98 Å². The molecular formula is C12H18N2OS. The summed E-state index contributed by atoms with van der Waals surface area (Å²) in [6.07, 6.45) is 3.52. The van der Waals surface area contributed by atoms with Gasteiger partial charge in [-0.05, 0) is 30.4 Å². The van der Waals surface area contributed by atoms with Crippen LogP contribution in [0.5, 0.6) is 0 Å². The van der Waals surface area contributed by atoms with Crippen LogP contribution in [-0.4, -0.2) is 24.5 Å². The van der Waals surface area contributed by atoms with Crippen molar-refractivity contribution in [3.05, 3.63) is 22.9 Å². The standard InChI is InChI=1S/C12H18N2OS/c1-15-5-6-16-12-10(8-13)7-9-3-2-4-11(9)14-12/h7H,2-6,8,13H2,1H3. The molecule has 2 N–H and O–H groups in total. The minimum Gasteiger partial charge on any atom is -0.384 e. The Hall–Kier alpha value is -0.580. The van der Waals surface area contributed by atoms with E-state index in [-0.39, 0.29) is 0 Å². The van der Waals surface area contributed by atoms with Gasteiger partial charge in [-0.2, -0.15) is 0 Å². The Bertz CT molecular complexity index is 368. The lowest BCUT2D eigenvalue weighted by atomic mass is 10.1. The van der Waals surface area contributed by atoms with E-state index < -0.39 is 0 Å². The average molecular weight is 238 g/mol. The molecule has 0 unspecified atom stereocenters. The number of aromatic nitrogens is 1. The Labute approximate surface area is 101 Å². The van der Waals surface area contributed by atoms with Gasteiger partial charge in [0.1, 0.15) is 5.03 Å². The van der Waals surface area contributed by atoms with Crippen LogP contribution in [0, 0.1) is 0 Å². The summed E-state index contributed by atoms with van der Waals surface area (Å²) >= 11 is 1.75. The summed E-state index contributed by atoms with van der Waals surface area (Å²) in [7, 11) is 1.72. The van der Waals surface area contributed by atoms with Crippen molar-refractivity contribution < 1.29 is 4.74 Å². The Kier molecular flexibility index (Phi) is 4.21. The van der Waals surface area contributed by atoms with Gasteiger partial charge in [-0.3, -0.25) is 0 Å². The van der Waals surface area contributed by atoms with Crippen LogP contribution in [0.3, 0.4) is 0 Å². The van der Waals surface area contributed by atoms with Gasteiger partial charge in [-0.1, -0.05) is 6.07 Å². The van der Waals surface area contributed by atoms with E-state index in [0.717, 1.165) is 23.8 Å². The van der Waals surface area contributed by atoms with Gasteiger partial charge in [0.25, 0.3) is 0 Å². The summed E-state index contributed by atoms with van der Waals surface area (Å²) in [5, 5.41) is 1.10. The number of nitrogens with two attached hydrogens (primary N) is 1. The van der Waals surface area contributed by atoms with Crippen molar-refractivity contribution in [3.63, 3.8) is 0 Å². The average Bonchev–Trinajstić information content (AvgIpc) is 2.75. The highest BCUT2D eigenvalue weighted by Crippen LogP contribution is 2.27. The van der Waals surface area contributed by atoms with Crippen LogP contribution in [0.4, 0.5) is 0 Å². The number of thioether (sulfide) groups is 1. The Morgan fingerprint density at radius 2 is 2.38 bits per heavy atom. The van der Waals surface area contributed by atoms with Crippen LogP contribution in [0.1, 0.15) is 23.2 Å². The van der Waals surface area contributed by atoms with Gasteiger partial charge in [0.15, 0.2) is 0 Å². The summed E-state index contributed by atoms with van der Waals surface area (Å²) in [5.74, 6) is 0.940. The highest BCUT2D eigenvalue weighted by atomic mass is 32.2. The predicted octanol–water partition coefficient (Wildman–Crippen LogP) is 1.77. The molecule has 1 aliphatic rings. The predicted molar refractivity (Wildman–Crippen MR) is 66.8 cm³/mol. The lowest BCUT2D eigenvalue weighted by molar-refractivity contribution is 0.218. The monoisotopic (exact) mass is 238 g/mol. The number of ether oxygens (including phenoxy) is 1. The molecule has 1 heterocycles. The number of hydrogen-bond donors (Lipinski definition) is 1. The quantitative estimate of drug-likeness (QED) is 0.627. The van der Waals surface area contributed by atoms with Crippen LogP contribution in [-0.2, 0) is 24.1 Å². The molecule has 0 saturated carbocycles. The number of methoxy groups -OCH3 is 1. The van der Waals surface area contributed by atoms with Gasteiger partial charge in [0.2, 0.25) is 0 Å². The second kappa shape index (κ2) is 5.66. The smallest absolute Gasteiger partial charge is 0.101 e. The number of hydrogen-bond acceptors (Lipinski definition) is 4. The fraction of sp³-hybridized carbons (Fsp3) is 0.583. The molecule has 2 rings (SSSR count). The molecular weight excluding hydrogens is 220 g/mol. The first-order valence-corrected chi connectivity index (χ1v) is 6.67. The fourth-order valence-corrected chi connectivity index (χ4v) is 2.94. The molecule has 0 aromatic carbocycles. The van der Waals surface area contributed by atoms with Crippen LogP contribution in [0.15, 0.2) is 11.1 Å². The number of rotatable bonds is 5. The summed E-state index contributed by atoms with van der Waals surface area (Å²) in [6, 6.07) is 2.24. The first-order valence-electron chi connectivity index (χ1n) is 5.68. The lowest BCUT2D eigenvalue weighted by Gasteiger charge is -2.09. The van der Waals surface area contributed by atoms with Gasteiger partial charge < -0.3 is 10.5 Å². The highest BCUT2D eigenvalue weighted by molar-refractivity contribution is 7.99. The normalized spacial score (nSPS) is 14.1. The third-order valence-electron chi connectivity index (χ3n) is 2.84. The number of aryl methyl sites for hydroxylation is 2. The molecule has 1 aromatic rings. The maximum absolute atomic E-state index is 5.76. The molecule has 0 saturated heterocycles. The van der Waals surface area contributed by atoms with Crippen molar-refractivity contribution in [1.29, 1.82) is 0 Å². The third kappa shape index (κ3) is 2.56. The molecule has 4 heteroatoms. The SMILES string of the molecule is COCCSc1nc2c(cc1CN)CCC2. The zero-order valence-corrected chi connectivity index (χ0v) is 10.5. The lowest BCUT2D eigenvalue weighted by Crippen LogP contribution is -2.04. The van der Waals surface area contributed by atoms with Crippen LogP contribution >= 0.6 is 11.8 Å². The van der Waals surface area contributed by atoms with E-state index >= 15 is 0 Å². The van der Waals surface area contributed by atoms with Gasteiger partial charge in [-0.15, -0.1) is 11.8 Å². The Morgan fingerprint density at radius 3 is 3.12 bits per heavy atom. The van der Waals surface area contributed by atoms with Crippen molar-refractivity contribution in [3.8, 4) is 0 Å². The largest absolute Gasteiger partial charge is 0.384 e. The molecule has 88 valence electrons. The highest BCUT2D eigenvalue weighted by Gasteiger charge is 2.15. The van der Waals surface area contributed by atoms with E-state index in [1.165, 1.54) is 29.7 Å². The van der Waals surface area contributed by atoms with Gasteiger partial charge >= 0.3 is 0 Å². The first kappa shape index (κ1) is 11.9. The van der Waals surface area contributed by atoms with Crippen molar-refractivity contribution in [2.24, 2.45) is 5.73 Å². The minimum atomic E-state index is 0.579. The Morgan fingerprint density at radius 1 is 1.50 bits per heavy atom. The summed E-state index contributed by atoms with van der Waals surface area (Å²) in [6.45, 7) is 1.34. The summed E-state index contributed by atoms with van der Waals surface area (Å²) in [5.41, 5.74) is 9.62. The third-order valence-corrected chi connectivity index (χ3v) is 3.83. The van der Waals surface area contributed by atoms with Crippen LogP contribution in [0.2, 0.25) is 0 Å². The van der Waals surface area contributed by atoms with Gasteiger partial charge in [0, 0.05) is 25.1 Å². The summed E-state index contributed by atoms with van der Waals surface area (Å²) < 4.78 is 5.05. The van der Waals surface area contributed by atoms with Crippen molar-refractivity contribution in [2.45, 2.75) is 30.8 Å². The van der Waals surface area contributed by atoms with Crippen LogP contribution < -0.4 is 5.73 Å². The number of pyridine rings is 1. The molecule has 0 aliphatic heterocycles. The van der Waals surface area contributed by atoms with E-state index in [1.54, 1.807) is 18.9 Å². The van der Waals surface area contributed by atoms with E-state index in [1.807, 2.05) is 0 Å². The topological polar surface area (TPSA) is 48.1 Å². The fourth-order valence-electron chi connectivity index (χ4n) is 1.99. The minimum absolute atomic E-state index is 0.579.